The maximum Gasteiger partial charge on any atom is 0.178 e. The second kappa shape index (κ2) is 4.50. The Bertz CT molecular complexity index is 379. The molecule has 0 spiro atoms. The predicted octanol–water partition coefficient (Wildman–Crippen LogP) is 2.36. The van der Waals surface area contributed by atoms with Gasteiger partial charge in [-0.1, -0.05) is 13.8 Å². The van der Waals surface area contributed by atoms with Crippen molar-refractivity contribution in [2.45, 2.75) is 20.8 Å². The van der Waals surface area contributed by atoms with Crippen molar-refractivity contribution in [2.75, 3.05) is 0 Å². The number of hydrogen-bond acceptors (Lipinski definition) is 3. The zero-order valence-electron chi connectivity index (χ0n) is 8.15. The molecule has 2 aromatic rings. The molecule has 0 aliphatic carbocycles. The number of aromatic nitrogens is 3. The molecule has 0 saturated carbocycles. The van der Waals surface area contributed by atoms with Crippen molar-refractivity contribution in [2.24, 2.45) is 0 Å². The predicted molar refractivity (Wildman–Crippen MR) is 53.4 cm³/mol. The lowest BCUT2D eigenvalue weighted by Crippen LogP contribution is -1.87. The molecule has 0 saturated heterocycles. The van der Waals surface area contributed by atoms with Crippen molar-refractivity contribution in [3.63, 3.8) is 0 Å². The Labute approximate surface area is 77.9 Å². The highest BCUT2D eigenvalue weighted by atomic mass is 14.9. The summed E-state index contributed by atoms with van der Waals surface area (Å²) in [4.78, 5) is 12.3. The van der Waals surface area contributed by atoms with Gasteiger partial charge >= 0.3 is 0 Å². The highest BCUT2D eigenvalue weighted by molar-refractivity contribution is 5.72. The summed E-state index contributed by atoms with van der Waals surface area (Å²) >= 11 is 0. The lowest BCUT2D eigenvalue weighted by molar-refractivity contribution is 1.20. The van der Waals surface area contributed by atoms with Gasteiger partial charge in [0, 0.05) is 18.6 Å². The van der Waals surface area contributed by atoms with E-state index in [1.807, 2.05) is 26.8 Å². The van der Waals surface area contributed by atoms with Crippen LogP contribution in [0.15, 0.2) is 24.7 Å². The second-order valence-corrected chi connectivity index (χ2v) is 2.36. The summed E-state index contributed by atoms with van der Waals surface area (Å²) in [6.45, 7) is 6.00. The molecule has 3 heteroatoms. The third-order valence-corrected chi connectivity index (χ3v) is 1.57. The highest BCUT2D eigenvalue weighted by Crippen LogP contribution is 2.08. The quantitative estimate of drug-likeness (QED) is 0.617. The van der Waals surface area contributed by atoms with Crippen LogP contribution in [0.4, 0.5) is 0 Å². The van der Waals surface area contributed by atoms with Gasteiger partial charge in [0.25, 0.3) is 0 Å². The van der Waals surface area contributed by atoms with Gasteiger partial charge in [-0.15, -0.1) is 0 Å². The molecular weight excluding hydrogens is 162 g/mol. The Morgan fingerprint density at radius 2 is 1.54 bits per heavy atom. The van der Waals surface area contributed by atoms with E-state index in [0.29, 0.717) is 5.65 Å². The van der Waals surface area contributed by atoms with Crippen molar-refractivity contribution >= 4 is 11.2 Å². The van der Waals surface area contributed by atoms with Gasteiger partial charge in [-0.3, -0.25) is 4.98 Å². The number of nitrogens with zero attached hydrogens (tertiary/aromatic N) is 3. The highest BCUT2D eigenvalue weighted by Gasteiger charge is 1.96. The summed E-state index contributed by atoms with van der Waals surface area (Å²) < 4.78 is 0. The zero-order chi connectivity index (χ0) is 9.68. The Hall–Kier alpha value is -1.51. The molecule has 0 fully saturated rings. The van der Waals surface area contributed by atoms with Crippen molar-refractivity contribution in [1.82, 2.24) is 15.0 Å². The van der Waals surface area contributed by atoms with E-state index >= 15 is 0 Å². The van der Waals surface area contributed by atoms with Gasteiger partial charge in [-0.25, -0.2) is 9.97 Å². The second-order valence-electron chi connectivity index (χ2n) is 2.36. The Balaban J connectivity index is 0.000000396. The average Bonchev–Trinajstić information content (AvgIpc) is 2.22. The zero-order valence-corrected chi connectivity index (χ0v) is 8.15. The van der Waals surface area contributed by atoms with Crippen molar-refractivity contribution in [3.05, 3.63) is 30.2 Å². The fourth-order valence-corrected chi connectivity index (χ4v) is 1.00. The first-order valence-electron chi connectivity index (χ1n) is 4.40. The van der Waals surface area contributed by atoms with E-state index in [1.165, 1.54) is 0 Å². The SMILES string of the molecule is CC.Cc1ccnc2nccnc12. The molecule has 2 aromatic heterocycles. The van der Waals surface area contributed by atoms with Crippen LogP contribution in [0.25, 0.3) is 11.2 Å². The summed E-state index contributed by atoms with van der Waals surface area (Å²) in [6.07, 6.45) is 5.07. The maximum atomic E-state index is 4.16. The van der Waals surface area contributed by atoms with Crippen LogP contribution in [0.1, 0.15) is 19.4 Å². The van der Waals surface area contributed by atoms with Crippen LogP contribution in [-0.2, 0) is 0 Å². The molecule has 0 radical (unpaired) electrons. The minimum Gasteiger partial charge on any atom is -0.251 e. The first-order chi connectivity index (χ1) is 6.38. The molecule has 13 heavy (non-hydrogen) atoms. The maximum absolute atomic E-state index is 4.16. The van der Waals surface area contributed by atoms with E-state index in [-0.39, 0.29) is 0 Å². The van der Waals surface area contributed by atoms with Crippen LogP contribution in [0, 0.1) is 6.92 Å². The van der Waals surface area contributed by atoms with Gasteiger partial charge in [0.2, 0.25) is 0 Å². The smallest absolute Gasteiger partial charge is 0.178 e. The largest absolute Gasteiger partial charge is 0.251 e. The van der Waals surface area contributed by atoms with Crippen molar-refractivity contribution in [1.29, 1.82) is 0 Å². The number of hydrogen-bond donors (Lipinski definition) is 0. The Morgan fingerprint density at radius 1 is 0.923 bits per heavy atom. The van der Waals surface area contributed by atoms with Gasteiger partial charge in [-0.05, 0) is 18.6 Å². The van der Waals surface area contributed by atoms with E-state index in [1.54, 1.807) is 18.6 Å². The first kappa shape index (κ1) is 9.58. The van der Waals surface area contributed by atoms with Crippen LogP contribution >= 0.6 is 0 Å². The third-order valence-electron chi connectivity index (χ3n) is 1.57. The van der Waals surface area contributed by atoms with Crippen molar-refractivity contribution in [3.8, 4) is 0 Å². The van der Waals surface area contributed by atoms with Crippen LogP contribution in [-0.4, -0.2) is 15.0 Å². The molecule has 0 unspecified atom stereocenters. The minimum absolute atomic E-state index is 0.715. The fraction of sp³-hybridized carbons (Fsp3) is 0.300. The molecule has 0 atom stereocenters. The minimum atomic E-state index is 0.715. The summed E-state index contributed by atoms with van der Waals surface area (Å²) in [7, 11) is 0. The molecule has 0 N–H and O–H groups in total. The lowest BCUT2D eigenvalue weighted by Gasteiger charge is -1.95. The van der Waals surface area contributed by atoms with Gasteiger partial charge in [0.1, 0.15) is 5.52 Å². The van der Waals surface area contributed by atoms with E-state index in [2.05, 4.69) is 15.0 Å². The van der Waals surface area contributed by atoms with E-state index in [9.17, 15) is 0 Å². The van der Waals surface area contributed by atoms with Crippen LogP contribution in [0.5, 0.6) is 0 Å². The summed E-state index contributed by atoms with van der Waals surface area (Å²) in [5.74, 6) is 0. The third kappa shape index (κ3) is 1.99. The topological polar surface area (TPSA) is 38.7 Å². The number of fused-ring (bicyclic) bond motifs is 1. The molecule has 3 nitrogen and oxygen atoms in total. The monoisotopic (exact) mass is 175 g/mol. The van der Waals surface area contributed by atoms with Gasteiger partial charge in [-0.2, -0.15) is 0 Å². The summed E-state index contributed by atoms with van der Waals surface area (Å²) in [5, 5.41) is 0. The van der Waals surface area contributed by atoms with E-state index in [0.717, 1.165) is 11.1 Å². The number of pyridine rings is 1. The molecule has 0 aliphatic rings. The van der Waals surface area contributed by atoms with Gasteiger partial charge in [0.05, 0.1) is 0 Å². The molecular formula is C10H13N3. The molecule has 2 rings (SSSR count). The first-order valence-corrected chi connectivity index (χ1v) is 4.40. The standard InChI is InChI=1S/C8H7N3.C2H6/c1-6-2-3-10-8-7(6)9-4-5-11-8;1-2/h2-5H,1H3;1-2H3. The molecule has 0 aliphatic heterocycles. The van der Waals surface area contributed by atoms with Crippen molar-refractivity contribution < 1.29 is 0 Å². The fourth-order valence-electron chi connectivity index (χ4n) is 1.00. The van der Waals surface area contributed by atoms with Crippen LogP contribution < -0.4 is 0 Å². The molecule has 0 bridgehead atoms. The lowest BCUT2D eigenvalue weighted by atomic mass is 10.3. The molecule has 68 valence electrons. The Kier molecular flexibility index (Phi) is 3.31. The van der Waals surface area contributed by atoms with Gasteiger partial charge < -0.3 is 0 Å². The van der Waals surface area contributed by atoms with E-state index in [4.69, 9.17) is 0 Å². The van der Waals surface area contributed by atoms with Crippen LogP contribution in [0.3, 0.4) is 0 Å². The number of rotatable bonds is 0. The van der Waals surface area contributed by atoms with Crippen LogP contribution in [0.2, 0.25) is 0 Å². The van der Waals surface area contributed by atoms with E-state index < -0.39 is 0 Å². The summed E-state index contributed by atoms with van der Waals surface area (Å²) in [6, 6.07) is 1.93. The number of aryl methyl sites for hydroxylation is 1. The summed E-state index contributed by atoms with van der Waals surface area (Å²) in [5.41, 5.74) is 2.71. The normalized spacial score (nSPS) is 9.15. The Morgan fingerprint density at radius 3 is 2.23 bits per heavy atom. The average molecular weight is 175 g/mol. The molecule has 2 heterocycles. The molecule has 0 aromatic carbocycles. The molecule has 0 amide bonds. The van der Waals surface area contributed by atoms with Gasteiger partial charge in [0.15, 0.2) is 5.65 Å².